The zero-order chi connectivity index (χ0) is 24.1. The summed E-state index contributed by atoms with van der Waals surface area (Å²) in [6.45, 7) is 0. The van der Waals surface area contributed by atoms with Crippen LogP contribution >= 0.6 is 0 Å². The van der Waals surface area contributed by atoms with Crippen LogP contribution in [0, 0.1) is 23.0 Å². The number of ketones is 1. The van der Waals surface area contributed by atoms with Crippen molar-refractivity contribution in [3.8, 4) is 34.1 Å². The largest absolute Gasteiger partial charge is 0.496 e. The third-order valence-electron chi connectivity index (χ3n) is 5.37. The predicted molar refractivity (Wildman–Crippen MR) is 128 cm³/mol. The number of rotatable bonds is 6. The van der Waals surface area contributed by atoms with Crippen LogP contribution in [0.15, 0.2) is 91.0 Å². The van der Waals surface area contributed by atoms with Crippen molar-refractivity contribution in [2.45, 2.75) is 0 Å². The first kappa shape index (κ1) is 22.6. The summed E-state index contributed by atoms with van der Waals surface area (Å²) < 4.78 is 32.6. The first-order chi connectivity index (χ1) is 16.5. The first-order valence-electron chi connectivity index (χ1n) is 10.4. The van der Waals surface area contributed by atoms with E-state index >= 15 is 0 Å². The third-order valence-corrected chi connectivity index (χ3v) is 5.37. The van der Waals surface area contributed by atoms with Gasteiger partial charge < -0.3 is 4.74 Å². The van der Waals surface area contributed by atoms with Crippen LogP contribution in [-0.4, -0.2) is 12.9 Å². The average molecular weight is 451 g/mol. The van der Waals surface area contributed by atoms with E-state index in [9.17, 15) is 13.6 Å². The molecular weight excluding hydrogens is 432 g/mol. The van der Waals surface area contributed by atoms with Crippen molar-refractivity contribution in [2.75, 3.05) is 7.11 Å². The summed E-state index contributed by atoms with van der Waals surface area (Å²) in [5, 5.41) is 8.95. The molecule has 0 aliphatic heterocycles. The lowest BCUT2D eigenvalue weighted by Gasteiger charge is -2.15. The lowest BCUT2D eigenvalue weighted by atomic mass is 9.91. The van der Waals surface area contributed by atoms with E-state index in [0.717, 1.165) is 16.7 Å². The van der Waals surface area contributed by atoms with Gasteiger partial charge in [0.15, 0.2) is 5.78 Å². The fourth-order valence-corrected chi connectivity index (χ4v) is 3.62. The van der Waals surface area contributed by atoms with E-state index in [1.165, 1.54) is 37.5 Å². The molecule has 34 heavy (non-hydrogen) atoms. The Balaban J connectivity index is 1.83. The minimum atomic E-state index is -0.390. The van der Waals surface area contributed by atoms with E-state index < -0.39 is 0 Å². The SMILES string of the molecule is COc1cc(-c2ccc(F)cc2)cc(-c2ccc(F)cc2)c1C(=O)C=Cc1ccc(C#N)cc1. The molecule has 0 unspecified atom stereocenters. The van der Waals surface area contributed by atoms with Gasteiger partial charge in [-0.15, -0.1) is 0 Å². The molecule has 0 N–H and O–H groups in total. The Morgan fingerprint density at radius 3 is 1.97 bits per heavy atom. The number of nitriles is 1. The Hall–Kier alpha value is -4.56. The minimum Gasteiger partial charge on any atom is -0.496 e. The molecule has 0 amide bonds. The van der Waals surface area contributed by atoms with Gasteiger partial charge in [-0.2, -0.15) is 5.26 Å². The van der Waals surface area contributed by atoms with Crippen LogP contribution in [-0.2, 0) is 0 Å². The number of ether oxygens (including phenoxy) is 1. The highest BCUT2D eigenvalue weighted by molar-refractivity contribution is 6.13. The van der Waals surface area contributed by atoms with E-state index in [-0.39, 0.29) is 17.4 Å². The highest BCUT2D eigenvalue weighted by Gasteiger charge is 2.19. The van der Waals surface area contributed by atoms with Gasteiger partial charge in [-0.25, -0.2) is 8.78 Å². The maximum Gasteiger partial charge on any atom is 0.190 e. The molecule has 0 saturated carbocycles. The number of carbonyl (C=O) groups excluding carboxylic acids is 1. The zero-order valence-corrected chi connectivity index (χ0v) is 18.3. The van der Waals surface area contributed by atoms with Gasteiger partial charge in [0.2, 0.25) is 0 Å². The molecule has 0 spiro atoms. The molecule has 166 valence electrons. The second-order valence-electron chi connectivity index (χ2n) is 7.55. The molecule has 0 atom stereocenters. The summed E-state index contributed by atoms with van der Waals surface area (Å²) in [6, 6.07) is 24.3. The number of methoxy groups -OCH3 is 1. The monoisotopic (exact) mass is 451 g/mol. The molecule has 0 radical (unpaired) electrons. The summed E-state index contributed by atoms with van der Waals surface area (Å²) >= 11 is 0. The van der Waals surface area contributed by atoms with Gasteiger partial charge in [-0.1, -0.05) is 42.5 Å². The number of hydrogen-bond donors (Lipinski definition) is 0. The molecule has 0 fully saturated rings. The molecule has 4 aromatic rings. The Morgan fingerprint density at radius 2 is 1.41 bits per heavy atom. The van der Waals surface area contributed by atoms with Crippen molar-refractivity contribution in [3.63, 3.8) is 0 Å². The van der Waals surface area contributed by atoms with Crippen LogP contribution in [0.1, 0.15) is 21.5 Å². The Morgan fingerprint density at radius 1 is 0.824 bits per heavy atom. The van der Waals surface area contributed by atoms with Crippen molar-refractivity contribution in [1.29, 1.82) is 5.26 Å². The van der Waals surface area contributed by atoms with Crippen molar-refractivity contribution in [1.82, 2.24) is 0 Å². The molecule has 0 aliphatic carbocycles. The lowest BCUT2D eigenvalue weighted by Crippen LogP contribution is -2.03. The Labute approximate surface area is 196 Å². The summed E-state index contributed by atoms with van der Waals surface area (Å²) in [7, 11) is 1.47. The second-order valence-corrected chi connectivity index (χ2v) is 7.55. The molecule has 4 rings (SSSR count). The van der Waals surface area contributed by atoms with Crippen LogP contribution in [0.2, 0.25) is 0 Å². The molecule has 5 heteroatoms. The van der Waals surface area contributed by atoms with Crippen LogP contribution in [0.25, 0.3) is 28.3 Å². The molecule has 0 bridgehead atoms. The molecule has 0 heterocycles. The van der Waals surface area contributed by atoms with Gasteiger partial charge >= 0.3 is 0 Å². The number of allylic oxidation sites excluding steroid dienone is 1. The maximum atomic E-state index is 13.6. The number of hydrogen-bond acceptors (Lipinski definition) is 3. The summed E-state index contributed by atoms with van der Waals surface area (Å²) in [6.07, 6.45) is 3.09. The van der Waals surface area contributed by atoms with E-state index in [0.29, 0.717) is 28.0 Å². The quantitative estimate of drug-likeness (QED) is 0.233. The first-order valence-corrected chi connectivity index (χ1v) is 10.4. The van der Waals surface area contributed by atoms with Crippen LogP contribution in [0.3, 0.4) is 0 Å². The molecule has 3 nitrogen and oxygen atoms in total. The van der Waals surface area contributed by atoms with Gasteiger partial charge in [0.1, 0.15) is 17.4 Å². The zero-order valence-electron chi connectivity index (χ0n) is 18.3. The smallest absolute Gasteiger partial charge is 0.190 e. The Kier molecular flexibility index (Phi) is 6.61. The molecule has 0 aliphatic rings. The van der Waals surface area contributed by atoms with Crippen LogP contribution in [0.4, 0.5) is 8.78 Å². The molecular formula is C29H19F2NO2. The highest BCUT2D eigenvalue weighted by Crippen LogP contribution is 2.37. The fraction of sp³-hybridized carbons (Fsp3) is 0.0345. The van der Waals surface area contributed by atoms with Gasteiger partial charge in [0.25, 0.3) is 0 Å². The summed E-state index contributed by atoms with van der Waals surface area (Å²) in [5.41, 5.74) is 4.29. The molecule has 0 saturated heterocycles. The van der Waals surface area contributed by atoms with Crippen molar-refractivity contribution >= 4 is 11.9 Å². The van der Waals surface area contributed by atoms with Gasteiger partial charge in [-0.3, -0.25) is 4.79 Å². The number of halogens is 2. The van der Waals surface area contributed by atoms with Gasteiger partial charge in [-0.05, 0) is 82.4 Å². The fourth-order valence-electron chi connectivity index (χ4n) is 3.62. The van der Waals surface area contributed by atoms with E-state index in [2.05, 4.69) is 6.07 Å². The number of benzene rings is 4. The summed E-state index contributed by atoms with van der Waals surface area (Å²) in [4.78, 5) is 13.3. The predicted octanol–water partition coefficient (Wildman–Crippen LogP) is 7.08. The number of carbonyl (C=O) groups is 1. The number of nitrogens with zero attached hydrogens (tertiary/aromatic N) is 1. The van der Waals surface area contributed by atoms with Crippen molar-refractivity contribution in [2.24, 2.45) is 0 Å². The highest BCUT2D eigenvalue weighted by atomic mass is 19.1. The Bertz CT molecular complexity index is 1400. The molecule has 0 aromatic heterocycles. The third kappa shape index (κ3) is 4.92. The minimum absolute atomic E-state index is 0.300. The van der Waals surface area contributed by atoms with Crippen molar-refractivity contribution in [3.05, 3.63) is 119 Å². The second kappa shape index (κ2) is 9.93. The van der Waals surface area contributed by atoms with Crippen LogP contribution < -0.4 is 4.74 Å². The maximum absolute atomic E-state index is 13.6. The van der Waals surface area contributed by atoms with E-state index in [1.54, 1.807) is 60.7 Å². The normalized spacial score (nSPS) is 10.8. The topological polar surface area (TPSA) is 50.1 Å². The van der Waals surface area contributed by atoms with E-state index in [4.69, 9.17) is 10.00 Å². The van der Waals surface area contributed by atoms with Crippen molar-refractivity contribution < 1.29 is 18.3 Å². The average Bonchev–Trinajstić information content (AvgIpc) is 2.87. The standard InChI is InChI=1S/C29H19F2NO2/c1-34-28-17-23(21-7-11-24(30)12-8-21)16-26(22-9-13-25(31)14-10-22)29(28)27(33)15-6-19-2-4-20(18-32)5-3-19/h2-17H,1H3. The lowest BCUT2D eigenvalue weighted by molar-refractivity contribution is 0.104. The van der Waals surface area contributed by atoms with Gasteiger partial charge in [0, 0.05) is 0 Å². The summed E-state index contributed by atoms with van der Waals surface area (Å²) in [5.74, 6) is -0.699. The van der Waals surface area contributed by atoms with E-state index in [1.807, 2.05) is 6.07 Å². The van der Waals surface area contributed by atoms with Gasteiger partial charge in [0.05, 0.1) is 24.3 Å². The molecule has 4 aromatic carbocycles. The van der Waals surface area contributed by atoms with Crippen LogP contribution in [0.5, 0.6) is 5.75 Å².